The van der Waals surface area contributed by atoms with E-state index < -0.39 is 0 Å². The highest BCUT2D eigenvalue weighted by atomic mass is 32.1. The number of nitrogens with zero attached hydrogens (tertiary/aromatic N) is 4. The van der Waals surface area contributed by atoms with E-state index in [1.54, 1.807) is 29.1 Å². The van der Waals surface area contributed by atoms with E-state index >= 15 is 0 Å². The number of hydrogen-bond acceptors (Lipinski definition) is 6. The van der Waals surface area contributed by atoms with E-state index in [4.69, 9.17) is 4.42 Å². The van der Waals surface area contributed by atoms with Gasteiger partial charge in [-0.15, -0.1) is 0 Å². The van der Waals surface area contributed by atoms with Crippen molar-refractivity contribution in [3.05, 3.63) is 64.3 Å². The lowest BCUT2D eigenvalue weighted by atomic mass is 10.2. The Morgan fingerprint density at radius 3 is 2.84 bits per heavy atom. The van der Waals surface area contributed by atoms with E-state index in [0.29, 0.717) is 47.8 Å². The maximum absolute atomic E-state index is 12.9. The molecule has 0 unspecified atom stereocenters. The number of carbonyl (C=O) groups excluding carboxylic acids is 2. The molecule has 1 N–H and O–H groups in total. The third-order valence-corrected chi connectivity index (χ3v) is 6.27. The summed E-state index contributed by atoms with van der Waals surface area (Å²) >= 11 is 1.24. The second-order valence-electron chi connectivity index (χ2n) is 7.77. The van der Waals surface area contributed by atoms with Crippen LogP contribution >= 0.6 is 11.3 Å². The van der Waals surface area contributed by atoms with Crippen molar-refractivity contribution in [2.75, 3.05) is 18.0 Å². The van der Waals surface area contributed by atoms with Crippen LogP contribution in [0.4, 0.5) is 9.93 Å². The highest BCUT2D eigenvalue weighted by Gasteiger charge is 2.33. The monoisotopic (exact) mass is 439 g/mol. The quantitative estimate of drug-likeness (QED) is 0.602. The zero-order valence-corrected chi connectivity index (χ0v) is 18.6. The molecule has 9 heteroatoms. The number of anilines is 1. The molecule has 4 heterocycles. The molecule has 162 valence electrons. The van der Waals surface area contributed by atoms with Gasteiger partial charge in [0.05, 0.1) is 12.2 Å². The average molecular weight is 440 g/mol. The van der Waals surface area contributed by atoms with E-state index in [1.807, 2.05) is 24.3 Å². The molecule has 3 aromatic heterocycles. The van der Waals surface area contributed by atoms with Gasteiger partial charge in [0, 0.05) is 37.9 Å². The van der Waals surface area contributed by atoms with Gasteiger partial charge in [-0.3, -0.25) is 14.7 Å². The first-order chi connectivity index (χ1) is 14.9. The maximum atomic E-state index is 12.9. The number of carbonyl (C=O) groups is 2. The molecule has 3 aromatic rings. The summed E-state index contributed by atoms with van der Waals surface area (Å²) < 4.78 is 5.83. The molecular weight excluding hydrogens is 414 g/mol. The van der Waals surface area contributed by atoms with Crippen LogP contribution < -0.4 is 10.2 Å². The third-order valence-electron chi connectivity index (χ3n) is 5.09. The molecular formula is C22H25N5O3S. The van der Waals surface area contributed by atoms with Crippen molar-refractivity contribution in [3.8, 4) is 0 Å². The smallest absolute Gasteiger partial charge is 0.326 e. The van der Waals surface area contributed by atoms with Gasteiger partial charge in [0.1, 0.15) is 16.4 Å². The summed E-state index contributed by atoms with van der Waals surface area (Å²) in [6.07, 6.45) is 3.41. The molecule has 0 spiro atoms. The fraction of sp³-hybridized carbons (Fsp3) is 0.364. The van der Waals surface area contributed by atoms with E-state index in [-0.39, 0.29) is 11.9 Å². The second-order valence-corrected chi connectivity index (χ2v) is 8.75. The number of pyridine rings is 1. The van der Waals surface area contributed by atoms with Gasteiger partial charge in [-0.05, 0) is 30.7 Å². The Morgan fingerprint density at radius 2 is 2.13 bits per heavy atom. The number of rotatable bonds is 7. The molecule has 3 amide bonds. The van der Waals surface area contributed by atoms with Crippen LogP contribution in [0.3, 0.4) is 0 Å². The first-order valence-electron chi connectivity index (χ1n) is 10.2. The van der Waals surface area contributed by atoms with Crippen LogP contribution in [0.5, 0.6) is 0 Å². The van der Waals surface area contributed by atoms with Crippen molar-refractivity contribution in [2.45, 2.75) is 39.8 Å². The van der Waals surface area contributed by atoms with E-state index in [0.717, 1.165) is 17.1 Å². The molecule has 0 aliphatic carbocycles. The van der Waals surface area contributed by atoms with Crippen molar-refractivity contribution in [1.82, 2.24) is 20.2 Å². The summed E-state index contributed by atoms with van der Waals surface area (Å²) in [7, 11) is 0. The molecule has 0 radical (unpaired) electrons. The highest BCUT2D eigenvalue weighted by molar-refractivity contribution is 7.17. The molecule has 0 atom stereocenters. The molecule has 0 bridgehead atoms. The minimum Gasteiger partial charge on any atom is -0.464 e. The summed E-state index contributed by atoms with van der Waals surface area (Å²) in [5.74, 6) is 1.78. The van der Waals surface area contributed by atoms with Crippen LogP contribution in [0.25, 0.3) is 0 Å². The topological polar surface area (TPSA) is 91.6 Å². The Hall–Kier alpha value is -3.20. The predicted molar refractivity (Wildman–Crippen MR) is 118 cm³/mol. The predicted octanol–water partition coefficient (Wildman–Crippen LogP) is 3.94. The van der Waals surface area contributed by atoms with Crippen LogP contribution in [0.15, 0.2) is 41.1 Å². The number of thiazole rings is 1. The maximum Gasteiger partial charge on any atom is 0.326 e. The standard InChI is InChI=1S/C22H25N5O3S/c1-14(2)18-7-6-17(30-18)13-26-9-10-27(22(26)29)21-25-15(3)19(31-21)20(28)24-12-16-5-4-8-23-11-16/h4-8,11,14H,9-10,12-13H2,1-3H3,(H,24,28). The molecule has 4 rings (SSSR count). The van der Waals surface area contributed by atoms with Gasteiger partial charge >= 0.3 is 6.03 Å². The molecule has 1 saturated heterocycles. The molecule has 1 aliphatic heterocycles. The van der Waals surface area contributed by atoms with Gasteiger partial charge in [-0.25, -0.2) is 9.78 Å². The summed E-state index contributed by atoms with van der Waals surface area (Å²) in [6, 6.07) is 7.48. The fourth-order valence-corrected chi connectivity index (χ4v) is 4.36. The first kappa shape index (κ1) is 21.0. The molecule has 1 fully saturated rings. The Bertz CT molecular complexity index is 1080. The number of urea groups is 1. The van der Waals surface area contributed by atoms with Crippen LogP contribution in [0, 0.1) is 6.92 Å². The van der Waals surface area contributed by atoms with Gasteiger partial charge in [-0.1, -0.05) is 31.3 Å². The van der Waals surface area contributed by atoms with Crippen LogP contribution in [0.1, 0.15) is 52.2 Å². The first-order valence-corrected chi connectivity index (χ1v) is 11.0. The molecule has 1 aliphatic rings. The Labute approximate surface area is 184 Å². The SMILES string of the molecule is Cc1nc(N2CCN(Cc3ccc(C(C)C)o3)C2=O)sc1C(=O)NCc1cccnc1. The van der Waals surface area contributed by atoms with Gasteiger partial charge in [0.2, 0.25) is 0 Å². The van der Waals surface area contributed by atoms with Crippen LogP contribution in [-0.2, 0) is 13.1 Å². The van der Waals surface area contributed by atoms with Crippen molar-refractivity contribution >= 4 is 28.4 Å². The average Bonchev–Trinajstić information content (AvgIpc) is 3.47. The number of amides is 3. The number of furan rings is 1. The summed E-state index contributed by atoms with van der Waals surface area (Å²) in [6.45, 7) is 7.84. The fourth-order valence-electron chi connectivity index (χ4n) is 3.36. The molecule has 0 saturated carbocycles. The van der Waals surface area contributed by atoms with Crippen molar-refractivity contribution in [2.24, 2.45) is 0 Å². The minimum atomic E-state index is -0.203. The summed E-state index contributed by atoms with van der Waals surface area (Å²) in [5.41, 5.74) is 1.53. The summed E-state index contributed by atoms with van der Waals surface area (Å²) in [5, 5.41) is 3.43. The Balaban J connectivity index is 1.40. The number of hydrogen-bond donors (Lipinski definition) is 1. The van der Waals surface area contributed by atoms with Gasteiger partial charge in [-0.2, -0.15) is 0 Å². The molecule has 0 aromatic carbocycles. The molecule has 8 nitrogen and oxygen atoms in total. The normalized spacial score (nSPS) is 14.0. The second kappa shape index (κ2) is 8.89. The number of nitrogens with one attached hydrogen (secondary N) is 1. The van der Waals surface area contributed by atoms with Gasteiger partial charge in [0.15, 0.2) is 5.13 Å². The van der Waals surface area contributed by atoms with Crippen LogP contribution in [0.2, 0.25) is 0 Å². The number of aryl methyl sites for hydroxylation is 1. The Morgan fingerprint density at radius 1 is 1.29 bits per heavy atom. The highest BCUT2D eigenvalue weighted by Crippen LogP contribution is 2.29. The Kier molecular flexibility index (Phi) is 6.03. The van der Waals surface area contributed by atoms with Gasteiger partial charge in [0.25, 0.3) is 5.91 Å². The zero-order valence-electron chi connectivity index (χ0n) is 17.8. The lowest BCUT2D eigenvalue weighted by molar-refractivity contribution is 0.0954. The lowest BCUT2D eigenvalue weighted by Crippen LogP contribution is -2.31. The van der Waals surface area contributed by atoms with E-state index in [9.17, 15) is 9.59 Å². The van der Waals surface area contributed by atoms with E-state index in [1.165, 1.54) is 11.3 Å². The third kappa shape index (κ3) is 4.61. The summed E-state index contributed by atoms with van der Waals surface area (Å²) in [4.78, 5) is 38.0. The molecule has 31 heavy (non-hydrogen) atoms. The minimum absolute atomic E-state index is 0.126. The largest absolute Gasteiger partial charge is 0.464 e. The van der Waals surface area contributed by atoms with Gasteiger partial charge < -0.3 is 14.6 Å². The van der Waals surface area contributed by atoms with Crippen molar-refractivity contribution < 1.29 is 14.0 Å². The van der Waals surface area contributed by atoms with Crippen LogP contribution in [-0.4, -0.2) is 39.9 Å². The van der Waals surface area contributed by atoms with E-state index in [2.05, 4.69) is 29.1 Å². The zero-order chi connectivity index (χ0) is 22.0. The van der Waals surface area contributed by atoms with Crippen molar-refractivity contribution in [1.29, 1.82) is 0 Å². The van der Waals surface area contributed by atoms with Crippen molar-refractivity contribution in [3.63, 3.8) is 0 Å². The lowest BCUT2D eigenvalue weighted by Gasteiger charge is -2.15. The number of aromatic nitrogens is 2.